The molecule has 4 aromatic rings. The van der Waals surface area contributed by atoms with Gasteiger partial charge in [0.2, 0.25) is 11.8 Å². The number of pyridine rings is 1. The van der Waals surface area contributed by atoms with E-state index in [2.05, 4.69) is 25.7 Å². The number of nitrogens with zero attached hydrogens (tertiary/aromatic N) is 4. The van der Waals surface area contributed by atoms with Gasteiger partial charge in [-0.15, -0.1) is 0 Å². The predicted molar refractivity (Wildman–Crippen MR) is 130 cm³/mol. The number of hydrogen-bond acceptors (Lipinski definition) is 7. The summed E-state index contributed by atoms with van der Waals surface area (Å²) in [5.41, 5.74) is 2.90. The monoisotopic (exact) mass is 474 g/mol. The van der Waals surface area contributed by atoms with Crippen LogP contribution < -0.4 is 20.1 Å². The topological polar surface area (TPSA) is 120 Å². The Balaban J connectivity index is 1.58. The molecule has 10 nitrogen and oxygen atoms in total. The van der Waals surface area contributed by atoms with E-state index in [9.17, 15) is 9.59 Å². The number of carbonyl (C=O) groups excluding carboxylic acids is 2. The van der Waals surface area contributed by atoms with Crippen LogP contribution in [0.4, 0.5) is 5.82 Å². The van der Waals surface area contributed by atoms with E-state index in [0.717, 1.165) is 11.3 Å². The number of methoxy groups -OCH3 is 1. The highest BCUT2D eigenvalue weighted by Crippen LogP contribution is 2.24. The fourth-order valence-corrected chi connectivity index (χ4v) is 3.48. The van der Waals surface area contributed by atoms with Gasteiger partial charge >= 0.3 is 0 Å². The smallest absolute Gasteiger partial charge is 0.257 e. The zero-order valence-corrected chi connectivity index (χ0v) is 19.9. The maximum absolute atomic E-state index is 13.1. The van der Waals surface area contributed by atoms with Crippen LogP contribution in [0.1, 0.15) is 36.7 Å². The Morgan fingerprint density at radius 2 is 1.94 bits per heavy atom. The van der Waals surface area contributed by atoms with Crippen LogP contribution in [-0.4, -0.2) is 44.6 Å². The second-order valence-corrected chi connectivity index (χ2v) is 8.07. The summed E-state index contributed by atoms with van der Waals surface area (Å²) in [5.74, 6) is 0.763. The lowest BCUT2D eigenvalue weighted by Gasteiger charge is -2.15. The predicted octanol–water partition coefficient (Wildman–Crippen LogP) is 3.48. The number of carbonyl (C=O) groups is 2. The van der Waals surface area contributed by atoms with Crippen molar-refractivity contribution in [1.29, 1.82) is 0 Å². The maximum Gasteiger partial charge on any atom is 0.257 e. The molecule has 0 saturated carbocycles. The molecule has 0 aliphatic heterocycles. The summed E-state index contributed by atoms with van der Waals surface area (Å²) >= 11 is 0. The molecule has 4 rings (SSSR count). The molecule has 0 fully saturated rings. The Morgan fingerprint density at radius 1 is 1.14 bits per heavy atom. The van der Waals surface area contributed by atoms with Crippen LogP contribution in [0, 0.1) is 0 Å². The van der Waals surface area contributed by atoms with Crippen LogP contribution >= 0.6 is 0 Å². The molecule has 0 aliphatic carbocycles. The molecule has 0 spiro atoms. The van der Waals surface area contributed by atoms with E-state index in [1.54, 1.807) is 35.1 Å². The molecule has 0 atom stereocenters. The first-order chi connectivity index (χ1) is 16.8. The molecule has 10 heteroatoms. The fourth-order valence-electron chi connectivity index (χ4n) is 3.48. The molecular formula is C25H26N6O4. The summed E-state index contributed by atoms with van der Waals surface area (Å²) in [6.45, 7) is 5.59. The summed E-state index contributed by atoms with van der Waals surface area (Å²) < 4.78 is 12.7. The molecule has 3 heterocycles. The highest BCUT2D eigenvalue weighted by Gasteiger charge is 2.17. The van der Waals surface area contributed by atoms with Gasteiger partial charge in [-0.3, -0.25) is 9.59 Å². The van der Waals surface area contributed by atoms with Gasteiger partial charge in [0.25, 0.3) is 5.91 Å². The van der Waals surface area contributed by atoms with E-state index < -0.39 is 0 Å². The molecule has 0 aliphatic rings. The number of fused-ring (bicyclic) bond motifs is 1. The molecule has 0 saturated heterocycles. The second-order valence-electron chi connectivity index (χ2n) is 8.07. The van der Waals surface area contributed by atoms with Crippen molar-refractivity contribution in [2.45, 2.75) is 33.4 Å². The number of amides is 2. The quantitative estimate of drug-likeness (QED) is 0.401. The lowest BCUT2D eigenvalue weighted by atomic mass is 10.1. The molecule has 1 aromatic carbocycles. The minimum absolute atomic E-state index is 0.0162. The number of benzene rings is 1. The second kappa shape index (κ2) is 10.2. The fraction of sp³-hybridized carbons (Fsp3) is 0.240. The molecule has 2 amide bonds. The van der Waals surface area contributed by atoms with Gasteiger partial charge < -0.3 is 20.1 Å². The number of anilines is 1. The van der Waals surface area contributed by atoms with Gasteiger partial charge in [0, 0.05) is 30.8 Å². The van der Waals surface area contributed by atoms with Crippen molar-refractivity contribution in [3.63, 3.8) is 0 Å². The van der Waals surface area contributed by atoms with Crippen LogP contribution in [-0.2, 0) is 11.3 Å². The van der Waals surface area contributed by atoms with E-state index in [1.807, 2.05) is 38.1 Å². The third-order valence-electron chi connectivity index (χ3n) is 4.98. The molecule has 2 N–H and O–H groups in total. The molecule has 0 radical (unpaired) electrons. The molecule has 0 unspecified atom stereocenters. The maximum atomic E-state index is 13.1. The summed E-state index contributed by atoms with van der Waals surface area (Å²) in [4.78, 5) is 33.0. The van der Waals surface area contributed by atoms with Crippen molar-refractivity contribution in [3.8, 4) is 22.9 Å². The number of rotatable bonds is 8. The SMILES string of the molecule is COc1ncc(-c2ccc3nc(NC(C)=O)cn3n2)cc1C(=O)NCc1ccccc1OC(C)C. The van der Waals surface area contributed by atoms with Gasteiger partial charge in [-0.25, -0.2) is 14.5 Å². The van der Waals surface area contributed by atoms with E-state index in [-0.39, 0.29) is 35.9 Å². The largest absolute Gasteiger partial charge is 0.491 e. The number of ether oxygens (including phenoxy) is 2. The van der Waals surface area contributed by atoms with Gasteiger partial charge in [0.1, 0.15) is 11.3 Å². The number of aromatic nitrogens is 4. The van der Waals surface area contributed by atoms with Gasteiger partial charge in [-0.05, 0) is 38.1 Å². The number of para-hydroxylation sites is 1. The minimum Gasteiger partial charge on any atom is -0.491 e. The third-order valence-corrected chi connectivity index (χ3v) is 4.98. The average Bonchev–Trinajstić information content (AvgIpc) is 3.23. The van der Waals surface area contributed by atoms with Gasteiger partial charge in [-0.2, -0.15) is 5.10 Å². The Morgan fingerprint density at radius 3 is 2.69 bits per heavy atom. The first kappa shape index (κ1) is 23.7. The lowest BCUT2D eigenvalue weighted by molar-refractivity contribution is -0.114. The van der Waals surface area contributed by atoms with Crippen molar-refractivity contribution in [2.24, 2.45) is 0 Å². The van der Waals surface area contributed by atoms with Crippen LogP contribution in [0.5, 0.6) is 11.6 Å². The van der Waals surface area contributed by atoms with Crippen LogP contribution in [0.25, 0.3) is 16.9 Å². The van der Waals surface area contributed by atoms with E-state index in [0.29, 0.717) is 22.7 Å². The third kappa shape index (κ3) is 5.55. The highest BCUT2D eigenvalue weighted by atomic mass is 16.5. The molecule has 35 heavy (non-hydrogen) atoms. The average molecular weight is 475 g/mol. The lowest BCUT2D eigenvalue weighted by Crippen LogP contribution is -2.24. The zero-order valence-electron chi connectivity index (χ0n) is 19.9. The molecule has 180 valence electrons. The first-order valence-corrected chi connectivity index (χ1v) is 11.0. The summed E-state index contributed by atoms with van der Waals surface area (Å²) in [6, 6.07) is 12.8. The standard InChI is InChI=1S/C25H26N6O4/c1-15(2)35-21-8-6-5-7-17(21)12-26-24(33)19-11-18(13-27-25(19)34-4)20-9-10-23-29-22(28-16(3)32)14-31(23)30-20/h5-11,13-15H,12H2,1-4H3,(H,26,33)(H,28,32). The van der Waals surface area contributed by atoms with Crippen molar-refractivity contribution in [3.05, 3.63) is 66.0 Å². The van der Waals surface area contributed by atoms with Gasteiger partial charge in [0.05, 0.1) is 25.1 Å². The Kier molecular flexibility index (Phi) is 6.91. The highest BCUT2D eigenvalue weighted by molar-refractivity contribution is 5.97. The van der Waals surface area contributed by atoms with Gasteiger partial charge in [0.15, 0.2) is 11.5 Å². The molecule has 0 bridgehead atoms. The van der Waals surface area contributed by atoms with Crippen molar-refractivity contribution < 1.29 is 19.1 Å². The molecule has 3 aromatic heterocycles. The van der Waals surface area contributed by atoms with Crippen LogP contribution in [0.15, 0.2) is 54.9 Å². The Hall–Kier alpha value is -4.47. The Bertz CT molecular complexity index is 1380. The normalized spacial score (nSPS) is 10.9. The van der Waals surface area contributed by atoms with Crippen molar-refractivity contribution in [2.75, 3.05) is 12.4 Å². The van der Waals surface area contributed by atoms with Crippen LogP contribution in [0.2, 0.25) is 0 Å². The zero-order chi connectivity index (χ0) is 24.9. The summed E-state index contributed by atoms with van der Waals surface area (Å²) in [7, 11) is 1.46. The van der Waals surface area contributed by atoms with Gasteiger partial charge in [-0.1, -0.05) is 18.2 Å². The Labute approximate surface area is 202 Å². The van der Waals surface area contributed by atoms with E-state index in [1.165, 1.54) is 14.0 Å². The van der Waals surface area contributed by atoms with Crippen molar-refractivity contribution in [1.82, 2.24) is 24.9 Å². The van der Waals surface area contributed by atoms with Crippen LogP contribution in [0.3, 0.4) is 0 Å². The van der Waals surface area contributed by atoms with Crippen molar-refractivity contribution >= 4 is 23.3 Å². The summed E-state index contributed by atoms with van der Waals surface area (Å²) in [6.07, 6.45) is 3.21. The number of imidazole rings is 1. The molecular weight excluding hydrogens is 448 g/mol. The minimum atomic E-state index is -0.341. The van der Waals surface area contributed by atoms with E-state index in [4.69, 9.17) is 9.47 Å². The number of hydrogen-bond donors (Lipinski definition) is 2. The first-order valence-electron chi connectivity index (χ1n) is 11.0. The summed E-state index contributed by atoms with van der Waals surface area (Å²) in [5, 5.41) is 10.1. The van der Waals surface area contributed by atoms with E-state index >= 15 is 0 Å². The number of nitrogens with one attached hydrogen (secondary N) is 2.